The number of carbonyl (C=O) groups is 1. The molecule has 0 radical (unpaired) electrons. The summed E-state index contributed by atoms with van der Waals surface area (Å²) >= 11 is 5.85. The molecule has 184 valence electrons. The molecule has 3 aromatic rings. The fourth-order valence-corrected chi connectivity index (χ4v) is 6.28. The summed E-state index contributed by atoms with van der Waals surface area (Å²) in [6.45, 7) is 1.14. The van der Waals surface area contributed by atoms with Gasteiger partial charge < -0.3 is 26.7 Å². The van der Waals surface area contributed by atoms with Crippen molar-refractivity contribution in [2.75, 3.05) is 31.1 Å². The Balaban J connectivity index is 1.30. The number of carbonyl (C=O) groups excluding carboxylic acids is 1. The van der Waals surface area contributed by atoms with Crippen LogP contribution < -0.4 is 22.1 Å². The van der Waals surface area contributed by atoms with Crippen LogP contribution in [0.4, 0.5) is 11.6 Å². The fraction of sp³-hybridized carbons (Fsp3) is 0.333. The van der Waals surface area contributed by atoms with Crippen LogP contribution in [-0.4, -0.2) is 64.3 Å². The van der Waals surface area contributed by atoms with Crippen LogP contribution in [0.5, 0.6) is 0 Å². The van der Waals surface area contributed by atoms with Crippen molar-refractivity contribution in [3.63, 3.8) is 0 Å². The van der Waals surface area contributed by atoms with E-state index in [1.54, 1.807) is 12.1 Å². The average molecular weight is 518 g/mol. The summed E-state index contributed by atoms with van der Waals surface area (Å²) in [5.41, 5.74) is 11.5. The number of benzene rings is 1. The number of nitrogens with one attached hydrogen (secondary N) is 2. The molecule has 1 aromatic carbocycles. The lowest BCUT2D eigenvalue weighted by Gasteiger charge is -2.38. The number of sulfonamides is 1. The van der Waals surface area contributed by atoms with Gasteiger partial charge in [0.25, 0.3) is 0 Å². The lowest BCUT2D eigenvalue weighted by atomic mass is 9.90. The van der Waals surface area contributed by atoms with Crippen molar-refractivity contribution in [1.29, 1.82) is 0 Å². The largest absolute Gasteiger partial charge is 0.382 e. The summed E-state index contributed by atoms with van der Waals surface area (Å²) in [5.74, 6) is -0.704. The van der Waals surface area contributed by atoms with Gasteiger partial charge in [0.15, 0.2) is 28.4 Å². The normalized spacial score (nSPS) is 19.2. The van der Waals surface area contributed by atoms with E-state index in [4.69, 9.17) is 23.1 Å². The minimum atomic E-state index is -3.67. The minimum absolute atomic E-state index is 0.0744. The molecule has 1 spiro atoms. The molecule has 0 unspecified atom stereocenters. The Morgan fingerprint density at radius 2 is 1.91 bits per heavy atom. The third-order valence-electron chi connectivity index (χ3n) is 6.48. The maximum Gasteiger partial charge on any atom is 0.302 e. The Bertz CT molecular complexity index is 1480. The van der Waals surface area contributed by atoms with E-state index in [-0.39, 0.29) is 28.4 Å². The number of amides is 1. The highest BCUT2D eigenvalue weighted by Gasteiger charge is 2.42. The third-order valence-corrected chi connectivity index (χ3v) is 8.72. The number of fused-ring (bicyclic) bond motifs is 1. The molecule has 2 fully saturated rings. The molecule has 0 aliphatic carbocycles. The van der Waals surface area contributed by atoms with E-state index in [9.17, 15) is 13.2 Å². The molecular formula is C21H24ClN9O3S. The number of aromatic nitrogens is 3. The van der Waals surface area contributed by atoms with Crippen LogP contribution in [0.25, 0.3) is 10.9 Å². The predicted octanol–water partition coefficient (Wildman–Crippen LogP) is 0.699. The zero-order chi connectivity index (χ0) is 25.0. The number of aliphatic imine (C=N–C) groups is 1. The van der Waals surface area contributed by atoms with E-state index in [2.05, 4.69) is 25.6 Å². The summed E-state index contributed by atoms with van der Waals surface area (Å²) in [6, 6.07) is 7.12. The second kappa shape index (κ2) is 8.36. The van der Waals surface area contributed by atoms with Crippen LogP contribution in [0.2, 0.25) is 5.15 Å². The quantitative estimate of drug-likeness (QED) is 0.389. The summed E-state index contributed by atoms with van der Waals surface area (Å²) in [4.78, 5) is 24.6. The van der Waals surface area contributed by atoms with Gasteiger partial charge in [0, 0.05) is 43.8 Å². The standard InChI is InChI=1S/C21H24ClN9O3S/c1-30-8-5-12-13(30)3-2-4-14(12)35(33,34)31-9-6-21(7-10-31)11-25-20(29-21)28-19(32)15-17(23)27-18(24)16(22)26-15/h2-5,8H,6-7,9-11H2,1H3,(H4,23,24,27)(H2,25,28,29,32). The van der Waals surface area contributed by atoms with Gasteiger partial charge in [0.2, 0.25) is 10.0 Å². The lowest BCUT2D eigenvalue weighted by Crippen LogP contribution is -2.53. The van der Waals surface area contributed by atoms with Crippen LogP contribution in [0.1, 0.15) is 23.3 Å². The number of hydrogen-bond donors (Lipinski definition) is 4. The maximum atomic E-state index is 13.4. The molecule has 0 saturated carbocycles. The van der Waals surface area contributed by atoms with Gasteiger partial charge >= 0.3 is 5.91 Å². The molecule has 2 aliphatic heterocycles. The Morgan fingerprint density at radius 1 is 1.17 bits per heavy atom. The highest BCUT2D eigenvalue weighted by atomic mass is 35.5. The van der Waals surface area contributed by atoms with Crippen LogP contribution in [0.15, 0.2) is 40.4 Å². The zero-order valence-corrected chi connectivity index (χ0v) is 20.4. The molecular weight excluding hydrogens is 494 g/mol. The van der Waals surface area contributed by atoms with E-state index in [1.165, 1.54) is 4.31 Å². The number of nitrogens with zero attached hydrogens (tertiary/aromatic N) is 5. The first-order valence-electron chi connectivity index (χ1n) is 10.9. The summed E-state index contributed by atoms with van der Waals surface area (Å²) < 4.78 is 30.3. The van der Waals surface area contributed by atoms with Crippen molar-refractivity contribution in [2.45, 2.75) is 23.3 Å². The zero-order valence-electron chi connectivity index (χ0n) is 18.8. The maximum absolute atomic E-state index is 13.4. The molecule has 14 heteroatoms. The fourth-order valence-electron chi connectivity index (χ4n) is 4.51. The first kappa shape index (κ1) is 23.3. The van der Waals surface area contributed by atoms with Gasteiger partial charge in [-0.05, 0) is 31.0 Å². The minimum Gasteiger partial charge on any atom is -0.382 e. The Morgan fingerprint density at radius 3 is 2.66 bits per heavy atom. The molecule has 2 aromatic heterocycles. The van der Waals surface area contributed by atoms with E-state index in [0.29, 0.717) is 42.8 Å². The van der Waals surface area contributed by atoms with E-state index in [1.807, 2.05) is 29.9 Å². The number of anilines is 2. The van der Waals surface area contributed by atoms with Crippen LogP contribution in [-0.2, 0) is 17.1 Å². The molecule has 12 nitrogen and oxygen atoms in total. The number of guanidine groups is 1. The van der Waals surface area contributed by atoms with Crippen LogP contribution in [0.3, 0.4) is 0 Å². The van der Waals surface area contributed by atoms with Crippen LogP contribution >= 0.6 is 11.6 Å². The lowest BCUT2D eigenvalue weighted by molar-refractivity contribution is 0.0998. The van der Waals surface area contributed by atoms with Gasteiger partial charge in [-0.25, -0.2) is 18.4 Å². The number of nitrogen functional groups attached to an aromatic ring is 2. The van der Waals surface area contributed by atoms with Gasteiger partial charge in [0.05, 0.1) is 10.4 Å². The molecule has 35 heavy (non-hydrogen) atoms. The monoisotopic (exact) mass is 517 g/mol. The highest BCUT2D eigenvalue weighted by Crippen LogP contribution is 2.31. The van der Waals surface area contributed by atoms with Crippen molar-refractivity contribution >= 4 is 56.0 Å². The Hall–Kier alpha value is -3.42. The number of halogens is 1. The van der Waals surface area contributed by atoms with Crippen molar-refractivity contribution in [3.8, 4) is 0 Å². The number of rotatable bonds is 3. The smallest absolute Gasteiger partial charge is 0.302 e. The van der Waals surface area contributed by atoms with Crippen molar-refractivity contribution in [1.82, 2.24) is 29.5 Å². The van der Waals surface area contributed by atoms with Crippen molar-refractivity contribution in [3.05, 3.63) is 41.3 Å². The van der Waals surface area contributed by atoms with Gasteiger partial charge in [-0.2, -0.15) is 9.30 Å². The number of piperidine rings is 1. The topological polar surface area (TPSA) is 174 Å². The van der Waals surface area contributed by atoms with Gasteiger partial charge in [-0.3, -0.25) is 4.79 Å². The molecule has 2 aliphatic rings. The Labute approximate surface area is 206 Å². The van der Waals surface area contributed by atoms with E-state index < -0.39 is 21.5 Å². The van der Waals surface area contributed by atoms with Gasteiger partial charge in [0.1, 0.15) is 0 Å². The summed E-state index contributed by atoms with van der Waals surface area (Å²) in [5, 5.41) is 6.89. The second-order valence-electron chi connectivity index (χ2n) is 8.68. The third kappa shape index (κ3) is 4.05. The first-order valence-corrected chi connectivity index (χ1v) is 12.7. The van der Waals surface area contributed by atoms with E-state index >= 15 is 0 Å². The van der Waals surface area contributed by atoms with Crippen LogP contribution in [0, 0.1) is 0 Å². The predicted molar refractivity (Wildman–Crippen MR) is 132 cm³/mol. The Kier molecular flexibility index (Phi) is 5.57. The van der Waals surface area contributed by atoms with Crippen molar-refractivity contribution in [2.24, 2.45) is 12.0 Å². The number of hydrogen-bond acceptors (Lipinski definition) is 7. The molecule has 4 heterocycles. The molecule has 0 bridgehead atoms. The number of aryl methyl sites for hydroxylation is 1. The molecule has 5 rings (SSSR count). The van der Waals surface area contributed by atoms with Crippen molar-refractivity contribution < 1.29 is 13.2 Å². The van der Waals surface area contributed by atoms with E-state index in [0.717, 1.165) is 5.52 Å². The molecule has 6 N–H and O–H groups in total. The SMILES string of the molecule is Cn1ccc2c(S(=O)(=O)N3CCC4(CC3)CN/C(=N\C(=O)c3nc(Cl)c(N)nc3N)N4)cccc21. The molecule has 0 atom stereocenters. The first-order chi connectivity index (χ1) is 16.6. The highest BCUT2D eigenvalue weighted by molar-refractivity contribution is 7.89. The molecule has 2 saturated heterocycles. The average Bonchev–Trinajstić information content (AvgIpc) is 3.39. The van der Waals surface area contributed by atoms with Gasteiger partial charge in [-0.1, -0.05) is 17.7 Å². The summed E-state index contributed by atoms with van der Waals surface area (Å²) in [6.07, 6.45) is 2.92. The number of nitrogens with two attached hydrogens (primary N) is 2. The molecule has 1 amide bonds. The summed E-state index contributed by atoms with van der Waals surface area (Å²) in [7, 11) is -1.78. The second-order valence-corrected chi connectivity index (χ2v) is 10.9. The van der Waals surface area contributed by atoms with Gasteiger partial charge in [-0.15, -0.1) is 0 Å².